The van der Waals surface area contributed by atoms with E-state index in [1.165, 1.54) is 6.07 Å². The molecule has 3 aromatic heterocycles. The molecule has 8 nitrogen and oxygen atoms in total. The van der Waals surface area contributed by atoms with Crippen molar-refractivity contribution in [3.05, 3.63) is 65.6 Å². The van der Waals surface area contributed by atoms with Gasteiger partial charge in [0.15, 0.2) is 11.5 Å². The number of pyridine rings is 1. The number of fused-ring (bicyclic) bond motifs is 1. The quantitative estimate of drug-likeness (QED) is 0.540. The Morgan fingerprint density at radius 2 is 2.07 bits per heavy atom. The van der Waals surface area contributed by atoms with E-state index >= 15 is 0 Å². The standard InChI is InChI=1S/C20H19FN6O2/c1-12(2)19-23-20(29-26-19)13-7-8-27-16(9-13)24-25-17(27)10-18(28)22-11-14-5-3-4-6-15(14)21/h3-9,12H,10-11H2,1-2H3,(H,22,28). The monoisotopic (exact) mass is 394 g/mol. The van der Waals surface area contributed by atoms with E-state index in [-0.39, 0.29) is 30.6 Å². The van der Waals surface area contributed by atoms with Gasteiger partial charge < -0.3 is 9.84 Å². The smallest absolute Gasteiger partial charge is 0.258 e. The van der Waals surface area contributed by atoms with Crippen molar-refractivity contribution in [3.8, 4) is 11.5 Å². The van der Waals surface area contributed by atoms with Gasteiger partial charge in [0.25, 0.3) is 5.89 Å². The number of nitrogens with one attached hydrogen (secondary N) is 1. The van der Waals surface area contributed by atoms with Crippen molar-refractivity contribution >= 4 is 11.6 Å². The van der Waals surface area contributed by atoms with Crippen LogP contribution in [0, 0.1) is 5.82 Å². The van der Waals surface area contributed by atoms with Gasteiger partial charge in [-0.15, -0.1) is 10.2 Å². The van der Waals surface area contributed by atoms with Crippen molar-refractivity contribution in [1.82, 2.24) is 30.1 Å². The van der Waals surface area contributed by atoms with Crippen LogP contribution < -0.4 is 5.32 Å². The maximum Gasteiger partial charge on any atom is 0.258 e. The second-order valence-corrected chi connectivity index (χ2v) is 6.92. The summed E-state index contributed by atoms with van der Waals surface area (Å²) in [5.74, 6) is 1.06. The minimum Gasteiger partial charge on any atom is -0.352 e. The van der Waals surface area contributed by atoms with Crippen molar-refractivity contribution in [3.63, 3.8) is 0 Å². The van der Waals surface area contributed by atoms with Gasteiger partial charge in [0.2, 0.25) is 5.91 Å². The summed E-state index contributed by atoms with van der Waals surface area (Å²) < 4.78 is 20.7. The third-order valence-corrected chi connectivity index (χ3v) is 4.44. The first kappa shape index (κ1) is 18.7. The highest BCUT2D eigenvalue weighted by Crippen LogP contribution is 2.21. The molecule has 0 atom stereocenters. The first-order valence-corrected chi connectivity index (χ1v) is 9.19. The molecule has 0 aliphatic rings. The van der Waals surface area contributed by atoms with Crippen molar-refractivity contribution < 1.29 is 13.7 Å². The maximum atomic E-state index is 13.7. The molecule has 3 heterocycles. The second kappa shape index (κ2) is 7.78. The molecule has 29 heavy (non-hydrogen) atoms. The summed E-state index contributed by atoms with van der Waals surface area (Å²) >= 11 is 0. The summed E-state index contributed by atoms with van der Waals surface area (Å²) in [6.07, 6.45) is 1.77. The van der Waals surface area contributed by atoms with Crippen LogP contribution in [0.5, 0.6) is 0 Å². The number of carbonyl (C=O) groups is 1. The van der Waals surface area contributed by atoms with E-state index in [0.717, 1.165) is 5.56 Å². The highest BCUT2D eigenvalue weighted by Gasteiger charge is 2.15. The van der Waals surface area contributed by atoms with Crippen LogP contribution in [0.3, 0.4) is 0 Å². The molecular weight excluding hydrogens is 375 g/mol. The largest absolute Gasteiger partial charge is 0.352 e. The van der Waals surface area contributed by atoms with E-state index in [1.807, 2.05) is 13.8 Å². The van der Waals surface area contributed by atoms with E-state index in [9.17, 15) is 9.18 Å². The predicted octanol–water partition coefficient (Wildman–Crippen LogP) is 2.90. The van der Waals surface area contributed by atoms with Gasteiger partial charge in [-0.2, -0.15) is 4.98 Å². The Labute approximate surface area is 165 Å². The molecule has 0 saturated heterocycles. The zero-order valence-corrected chi connectivity index (χ0v) is 16.0. The van der Waals surface area contributed by atoms with E-state index in [1.54, 1.807) is 40.9 Å². The molecule has 1 N–H and O–H groups in total. The molecular formula is C20H19FN6O2. The lowest BCUT2D eigenvalue weighted by Gasteiger charge is -2.06. The Hall–Kier alpha value is -3.62. The van der Waals surface area contributed by atoms with E-state index in [4.69, 9.17) is 4.52 Å². The number of nitrogens with zero attached hydrogens (tertiary/aromatic N) is 5. The summed E-state index contributed by atoms with van der Waals surface area (Å²) in [5.41, 5.74) is 1.71. The number of halogens is 1. The van der Waals surface area contributed by atoms with Gasteiger partial charge in [0.05, 0.1) is 6.42 Å². The molecule has 4 rings (SSSR count). The first-order chi connectivity index (χ1) is 14.0. The minimum atomic E-state index is -0.352. The zero-order chi connectivity index (χ0) is 20.4. The van der Waals surface area contributed by atoms with Crippen LogP contribution in [-0.2, 0) is 17.8 Å². The molecule has 1 aromatic carbocycles. The Balaban J connectivity index is 1.47. The SMILES string of the molecule is CC(C)c1noc(-c2ccn3c(CC(=O)NCc4ccccc4F)nnc3c2)n1. The van der Waals surface area contributed by atoms with Crippen LogP contribution in [0.15, 0.2) is 47.1 Å². The zero-order valence-electron chi connectivity index (χ0n) is 16.0. The van der Waals surface area contributed by atoms with Gasteiger partial charge >= 0.3 is 0 Å². The summed E-state index contributed by atoms with van der Waals surface area (Å²) in [6.45, 7) is 4.08. The fraction of sp³-hybridized carbons (Fsp3) is 0.250. The van der Waals surface area contributed by atoms with Crippen molar-refractivity contribution in [1.29, 1.82) is 0 Å². The molecule has 0 spiro atoms. The van der Waals surface area contributed by atoms with Crippen LogP contribution in [0.2, 0.25) is 0 Å². The summed E-state index contributed by atoms with van der Waals surface area (Å²) in [7, 11) is 0. The average molecular weight is 394 g/mol. The van der Waals surface area contributed by atoms with Crippen LogP contribution in [0.1, 0.15) is 37.0 Å². The van der Waals surface area contributed by atoms with Crippen molar-refractivity contribution in [2.24, 2.45) is 0 Å². The van der Waals surface area contributed by atoms with Crippen LogP contribution in [0.4, 0.5) is 4.39 Å². The number of rotatable bonds is 6. The number of carbonyl (C=O) groups excluding carboxylic acids is 1. The van der Waals surface area contributed by atoms with Gasteiger partial charge in [-0.3, -0.25) is 9.20 Å². The highest BCUT2D eigenvalue weighted by molar-refractivity contribution is 5.78. The number of aromatic nitrogens is 5. The lowest BCUT2D eigenvalue weighted by molar-refractivity contribution is -0.120. The first-order valence-electron chi connectivity index (χ1n) is 9.19. The summed E-state index contributed by atoms with van der Waals surface area (Å²) in [6, 6.07) is 9.89. The normalized spacial score (nSPS) is 11.3. The van der Waals surface area contributed by atoms with E-state index < -0.39 is 0 Å². The number of benzene rings is 1. The molecule has 0 fully saturated rings. The third-order valence-electron chi connectivity index (χ3n) is 4.44. The van der Waals surface area contributed by atoms with E-state index in [2.05, 4.69) is 25.7 Å². The van der Waals surface area contributed by atoms with Crippen LogP contribution in [-0.4, -0.2) is 30.6 Å². The van der Waals surface area contributed by atoms with Crippen LogP contribution >= 0.6 is 0 Å². The third kappa shape index (κ3) is 3.98. The van der Waals surface area contributed by atoms with Crippen molar-refractivity contribution in [2.45, 2.75) is 32.7 Å². The van der Waals surface area contributed by atoms with Gasteiger partial charge in [-0.25, -0.2) is 4.39 Å². The molecule has 4 aromatic rings. The summed E-state index contributed by atoms with van der Waals surface area (Å²) in [5, 5.41) is 14.9. The molecule has 148 valence electrons. The lowest BCUT2D eigenvalue weighted by Crippen LogP contribution is -2.25. The van der Waals surface area contributed by atoms with Gasteiger partial charge in [0.1, 0.15) is 11.6 Å². The number of amides is 1. The Morgan fingerprint density at radius 3 is 2.83 bits per heavy atom. The maximum absolute atomic E-state index is 13.7. The molecule has 0 bridgehead atoms. The number of hydrogen-bond donors (Lipinski definition) is 1. The molecule has 0 aliphatic carbocycles. The molecule has 0 saturated carbocycles. The fourth-order valence-corrected chi connectivity index (χ4v) is 2.82. The van der Waals surface area contributed by atoms with E-state index in [0.29, 0.717) is 28.8 Å². The molecule has 0 unspecified atom stereocenters. The Morgan fingerprint density at radius 1 is 1.24 bits per heavy atom. The summed E-state index contributed by atoms with van der Waals surface area (Å²) in [4.78, 5) is 16.6. The molecule has 0 radical (unpaired) electrons. The fourth-order valence-electron chi connectivity index (χ4n) is 2.82. The molecule has 0 aliphatic heterocycles. The minimum absolute atomic E-state index is 0.0209. The molecule has 1 amide bonds. The Kier molecular flexibility index (Phi) is 5.03. The average Bonchev–Trinajstić information content (AvgIpc) is 3.35. The highest BCUT2D eigenvalue weighted by atomic mass is 19.1. The predicted molar refractivity (Wildman–Crippen MR) is 102 cm³/mol. The Bertz CT molecular complexity index is 1170. The number of hydrogen-bond acceptors (Lipinski definition) is 6. The van der Waals surface area contributed by atoms with Gasteiger partial charge in [-0.1, -0.05) is 37.2 Å². The second-order valence-electron chi connectivity index (χ2n) is 6.92. The lowest BCUT2D eigenvalue weighted by atomic mass is 10.2. The molecule has 9 heteroatoms. The van der Waals surface area contributed by atoms with Crippen molar-refractivity contribution in [2.75, 3.05) is 0 Å². The topological polar surface area (TPSA) is 98.2 Å². The van der Waals surface area contributed by atoms with Crippen LogP contribution in [0.25, 0.3) is 17.1 Å². The van der Waals surface area contributed by atoms with Gasteiger partial charge in [0, 0.05) is 29.8 Å². The van der Waals surface area contributed by atoms with Gasteiger partial charge in [-0.05, 0) is 18.2 Å².